The average Bonchev–Trinajstić information content (AvgIpc) is 3.24. The molecule has 1 amide bonds. The topological polar surface area (TPSA) is 84.3 Å². The summed E-state index contributed by atoms with van der Waals surface area (Å²) in [5.74, 6) is 0.183. The van der Waals surface area contributed by atoms with Gasteiger partial charge in [-0.25, -0.2) is 0 Å². The minimum Gasteiger partial charge on any atom is -0.379 e. The number of carbonyl (C=O) groups excluding carboxylic acids is 1. The van der Waals surface area contributed by atoms with Crippen molar-refractivity contribution in [3.63, 3.8) is 0 Å². The van der Waals surface area contributed by atoms with Gasteiger partial charge in [0, 0.05) is 24.2 Å². The second kappa shape index (κ2) is 6.30. The van der Waals surface area contributed by atoms with Gasteiger partial charge in [-0.1, -0.05) is 11.6 Å². The summed E-state index contributed by atoms with van der Waals surface area (Å²) in [6.07, 6.45) is 2.23. The number of amides is 1. The molecule has 0 aliphatic heterocycles. The lowest BCUT2D eigenvalue weighted by Gasteiger charge is -2.14. The molecule has 0 aromatic heterocycles. The van der Waals surface area contributed by atoms with Gasteiger partial charge >= 0.3 is 0 Å². The molecule has 1 aliphatic rings. The van der Waals surface area contributed by atoms with Crippen LogP contribution < -0.4 is 10.6 Å². The monoisotopic (exact) mass is 311 g/mol. The highest BCUT2D eigenvalue weighted by atomic mass is 35.5. The van der Waals surface area contributed by atoms with E-state index in [1.807, 2.05) is 13.8 Å². The lowest BCUT2D eigenvalue weighted by atomic mass is 10.1. The first-order valence-corrected chi connectivity index (χ1v) is 7.34. The summed E-state index contributed by atoms with van der Waals surface area (Å²) in [5.41, 5.74) is 0.269. The van der Waals surface area contributed by atoms with Crippen molar-refractivity contribution in [2.45, 2.75) is 32.7 Å². The van der Waals surface area contributed by atoms with E-state index in [4.69, 9.17) is 11.6 Å². The summed E-state index contributed by atoms with van der Waals surface area (Å²) in [5, 5.41) is 17.0. The molecule has 7 heteroatoms. The molecular weight excluding hydrogens is 294 g/mol. The van der Waals surface area contributed by atoms with E-state index < -0.39 is 4.92 Å². The van der Waals surface area contributed by atoms with Crippen LogP contribution in [0.2, 0.25) is 5.02 Å². The number of nitro groups is 1. The molecule has 2 rings (SSSR count). The van der Waals surface area contributed by atoms with Crippen molar-refractivity contribution in [2.75, 3.05) is 11.9 Å². The van der Waals surface area contributed by atoms with E-state index in [2.05, 4.69) is 10.6 Å². The Bertz CT molecular complexity index is 573. The zero-order valence-corrected chi connectivity index (χ0v) is 12.7. The molecule has 0 spiro atoms. The maximum absolute atomic E-state index is 12.2. The fraction of sp³-hybridized carbons (Fsp3) is 0.500. The van der Waals surface area contributed by atoms with Crippen molar-refractivity contribution < 1.29 is 9.72 Å². The molecule has 0 radical (unpaired) electrons. The molecule has 1 atom stereocenters. The number of anilines is 1. The van der Waals surface area contributed by atoms with Gasteiger partial charge in [0.25, 0.3) is 11.6 Å². The third-order valence-electron chi connectivity index (χ3n) is 3.57. The molecule has 6 nitrogen and oxygen atoms in total. The van der Waals surface area contributed by atoms with Gasteiger partial charge in [-0.3, -0.25) is 14.9 Å². The van der Waals surface area contributed by atoms with Gasteiger partial charge in [0.05, 0.1) is 9.95 Å². The lowest BCUT2D eigenvalue weighted by Crippen LogP contribution is -2.34. The van der Waals surface area contributed by atoms with Gasteiger partial charge in [-0.2, -0.15) is 0 Å². The highest BCUT2D eigenvalue weighted by Gasteiger charge is 2.29. The van der Waals surface area contributed by atoms with Gasteiger partial charge in [0.2, 0.25) is 0 Å². The number of nitro benzene ring substituents is 1. The third kappa shape index (κ3) is 3.64. The summed E-state index contributed by atoms with van der Waals surface area (Å²) in [6, 6.07) is 2.80. The molecule has 2 N–H and O–H groups in total. The standard InChI is InChI=1S/C14H18ClN3O3/c1-3-16-13-11(15)6-10(7-12(13)18(20)21)14(19)17-8(2)9-4-5-9/h6-9,16H,3-5H2,1-2H3,(H,17,19). The van der Waals surface area contributed by atoms with Crippen LogP contribution in [0.15, 0.2) is 12.1 Å². The van der Waals surface area contributed by atoms with E-state index >= 15 is 0 Å². The Labute approximate surface area is 128 Å². The SMILES string of the molecule is CCNc1c(Cl)cc(C(=O)NC(C)C2CC2)cc1[N+](=O)[O-]. The molecule has 1 aromatic carbocycles. The van der Waals surface area contributed by atoms with E-state index in [1.54, 1.807) is 0 Å². The Morgan fingerprint density at radius 3 is 2.71 bits per heavy atom. The van der Waals surface area contributed by atoms with Crippen molar-refractivity contribution in [1.82, 2.24) is 5.32 Å². The molecule has 1 fully saturated rings. The van der Waals surface area contributed by atoms with Crippen molar-refractivity contribution >= 4 is 28.9 Å². The largest absolute Gasteiger partial charge is 0.379 e. The number of rotatable bonds is 6. The zero-order valence-electron chi connectivity index (χ0n) is 12.0. The maximum Gasteiger partial charge on any atom is 0.294 e. The highest BCUT2D eigenvalue weighted by molar-refractivity contribution is 6.34. The molecule has 114 valence electrons. The van der Waals surface area contributed by atoms with Crippen LogP contribution >= 0.6 is 11.6 Å². The first kappa shape index (κ1) is 15.6. The number of nitrogens with zero attached hydrogens (tertiary/aromatic N) is 1. The maximum atomic E-state index is 12.2. The molecular formula is C14H18ClN3O3. The van der Waals surface area contributed by atoms with E-state index in [0.717, 1.165) is 12.8 Å². The number of hydrogen-bond donors (Lipinski definition) is 2. The Morgan fingerprint density at radius 2 is 2.19 bits per heavy atom. The molecule has 1 aromatic rings. The minimum absolute atomic E-state index is 0.0729. The Morgan fingerprint density at radius 1 is 1.52 bits per heavy atom. The molecule has 0 heterocycles. The minimum atomic E-state index is -0.537. The van der Waals surface area contributed by atoms with Gasteiger partial charge in [-0.05, 0) is 38.7 Å². The van der Waals surface area contributed by atoms with Crippen LogP contribution in [0, 0.1) is 16.0 Å². The van der Waals surface area contributed by atoms with Crippen LogP contribution in [0.1, 0.15) is 37.0 Å². The molecule has 21 heavy (non-hydrogen) atoms. The number of benzene rings is 1. The highest BCUT2D eigenvalue weighted by Crippen LogP contribution is 2.35. The number of carbonyl (C=O) groups is 1. The second-order valence-corrected chi connectivity index (χ2v) is 5.65. The van der Waals surface area contributed by atoms with E-state index in [0.29, 0.717) is 12.5 Å². The molecule has 0 bridgehead atoms. The van der Waals surface area contributed by atoms with Gasteiger partial charge in [-0.15, -0.1) is 0 Å². The summed E-state index contributed by atoms with van der Waals surface area (Å²) >= 11 is 6.07. The van der Waals surface area contributed by atoms with E-state index in [1.165, 1.54) is 12.1 Å². The van der Waals surface area contributed by atoms with Gasteiger partial charge < -0.3 is 10.6 Å². The number of hydrogen-bond acceptors (Lipinski definition) is 4. The summed E-state index contributed by atoms with van der Waals surface area (Å²) in [7, 11) is 0. The molecule has 0 saturated heterocycles. The average molecular weight is 312 g/mol. The van der Waals surface area contributed by atoms with Crippen molar-refractivity contribution in [2.24, 2.45) is 5.92 Å². The Balaban J connectivity index is 2.27. The number of nitrogens with one attached hydrogen (secondary N) is 2. The quantitative estimate of drug-likeness (QED) is 0.624. The van der Waals surface area contributed by atoms with Crippen molar-refractivity contribution in [3.05, 3.63) is 32.8 Å². The summed E-state index contributed by atoms with van der Waals surface area (Å²) in [4.78, 5) is 22.8. The zero-order chi connectivity index (χ0) is 15.6. The van der Waals surface area contributed by atoms with Crippen LogP contribution in [0.5, 0.6) is 0 Å². The first-order valence-electron chi connectivity index (χ1n) is 6.96. The van der Waals surface area contributed by atoms with Crippen LogP contribution in [0.4, 0.5) is 11.4 Å². The fourth-order valence-corrected chi connectivity index (χ4v) is 2.50. The van der Waals surface area contributed by atoms with Gasteiger partial charge in [0.15, 0.2) is 0 Å². The predicted molar refractivity (Wildman–Crippen MR) is 81.9 cm³/mol. The van der Waals surface area contributed by atoms with Crippen molar-refractivity contribution in [1.29, 1.82) is 0 Å². The summed E-state index contributed by atoms with van der Waals surface area (Å²) < 4.78 is 0. The van der Waals surface area contributed by atoms with Crippen molar-refractivity contribution in [3.8, 4) is 0 Å². The van der Waals surface area contributed by atoms with Gasteiger partial charge in [0.1, 0.15) is 5.69 Å². The van der Waals surface area contributed by atoms with Crippen LogP contribution in [0.25, 0.3) is 0 Å². The fourth-order valence-electron chi connectivity index (χ4n) is 2.22. The second-order valence-electron chi connectivity index (χ2n) is 5.24. The normalized spacial score (nSPS) is 15.4. The van der Waals surface area contributed by atoms with Crippen LogP contribution in [-0.4, -0.2) is 23.4 Å². The smallest absolute Gasteiger partial charge is 0.294 e. The lowest BCUT2D eigenvalue weighted by molar-refractivity contribution is -0.384. The van der Waals surface area contributed by atoms with Crippen LogP contribution in [-0.2, 0) is 0 Å². The third-order valence-corrected chi connectivity index (χ3v) is 3.87. The predicted octanol–water partition coefficient (Wildman–Crippen LogP) is 3.21. The van der Waals surface area contributed by atoms with E-state index in [-0.39, 0.29) is 33.9 Å². The Hall–Kier alpha value is -1.82. The Kier molecular flexibility index (Phi) is 4.67. The molecule has 1 aliphatic carbocycles. The number of halogens is 1. The molecule has 1 unspecified atom stereocenters. The first-order chi connectivity index (χ1) is 9.93. The summed E-state index contributed by atoms with van der Waals surface area (Å²) in [6.45, 7) is 4.27. The van der Waals surface area contributed by atoms with E-state index in [9.17, 15) is 14.9 Å². The van der Waals surface area contributed by atoms with Crippen LogP contribution in [0.3, 0.4) is 0 Å². The molecule has 1 saturated carbocycles.